The summed E-state index contributed by atoms with van der Waals surface area (Å²) < 4.78 is 1.95. The molecule has 0 spiro atoms. The van der Waals surface area contributed by atoms with Crippen LogP contribution in [0.2, 0.25) is 0 Å². The van der Waals surface area contributed by atoms with Crippen LogP contribution in [-0.4, -0.2) is 68.6 Å². The highest BCUT2D eigenvalue weighted by molar-refractivity contribution is 5.90. The highest BCUT2D eigenvalue weighted by Crippen LogP contribution is 2.24. The molecule has 0 unspecified atom stereocenters. The van der Waals surface area contributed by atoms with Gasteiger partial charge in [0.25, 0.3) is 0 Å². The summed E-state index contributed by atoms with van der Waals surface area (Å²) >= 11 is 0. The number of aromatic nitrogens is 5. The van der Waals surface area contributed by atoms with Crippen molar-refractivity contribution in [1.29, 1.82) is 0 Å². The zero-order valence-corrected chi connectivity index (χ0v) is 19.3. The summed E-state index contributed by atoms with van der Waals surface area (Å²) in [5, 5.41) is 20.1. The second-order valence-electron chi connectivity index (χ2n) is 9.16. The Hall–Kier alpha value is -2.78. The Morgan fingerprint density at radius 3 is 2.73 bits per heavy atom. The number of benzene rings is 1. The van der Waals surface area contributed by atoms with Crippen LogP contribution in [0.5, 0.6) is 0 Å². The van der Waals surface area contributed by atoms with Crippen molar-refractivity contribution in [2.24, 2.45) is 0 Å². The molecule has 3 aromatic rings. The average molecular weight is 450 g/mol. The number of hydrogen-bond acceptors (Lipinski definition) is 8. The molecule has 2 fully saturated rings. The summed E-state index contributed by atoms with van der Waals surface area (Å²) in [6.45, 7) is 7.17. The van der Waals surface area contributed by atoms with E-state index in [4.69, 9.17) is 9.97 Å². The topological polar surface area (TPSA) is 95.8 Å². The van der Waals surface area contributed by atoms with Crippen molar-refractivity contribution in [2.75, 3.05) is 43.4 Å². The zero-order valence-electron chi connectivity index (χ0n) is 19.3. The molecule has 0 atom stereocenters. The van der Waals surface area contributed by atoms with Crippen LogP contribution in [0.4, 0.5) is 11.8 Å². The van der Waals surface area contributed by atoms with E-state index in [-0.39, 0.29) is 0 Å². The van der Waals surface area contributed by atoms with Gasteiger partial charge in [0.1, 0.15) is 11.5 Å². The van der Waals surface area contributed by atoms with Gasteiger partial charge in [0.2, 0.25) is 5.95 Å². The van der Waals surface area contributed by atoms with Crippen LogP contribution in [0.15, 0.2) is 30.5 Å². The van der Waals surface area contributed by atoms with Gasteiger partial charge in [0.05, 0.1) is 18.3 Å². The highest BCUT2D eigenvalue weighted by Gasteiger charge is 2.16. The predicted molar refractivity (Wildman–Crippen MR) is 131 cm³/mol. The molecule has 0 aliphatic carbocycles. The van der Waals surface area contributed by atoms with Gasteiger partial charge in [-0.3, -0.25) is 4.68 Å². The molecule has 33 heavy (non-hydrogen) atoms. The molecule has 3 N–H and O–H groups in total. The van der Waals surface area contributed by atoms with Gasteiger partial charge in [-0.15, -0.1) is 5.10 Å². The van der Waals surface area contributed by atoms with E-state index in [1.165, 1.54) is 32.4 Å². The van der Waals surface area contributed by atoms with Crippen molar-refractivity contribution in [3.63, 3.8) is 0 Å². The van der Waals surface area contributed by atoms with Gasteiger partial charge in [-0.1, -0.05) is 23.8 Å². The number of likely N-dealkylation sites (tertiary alicyclic amines) is 1. The van der Waals surface area contributed by atoms with E-state index in [2.05, 4.69) is 37.2 Å². The first-order valence-corrected chi connectivity index (χ1v) is 12.4. The van der Waals surface area contributed by atoms with E-state index in [0.717, 1.165) is 67.9 Å². The van der Waals surface area contributed by atoms with Gasteiger partial charge in [0.15, 0.2) is 0 Å². The zero-order chi connectivity index (χ0) is 22.3. The van der Waals surface area contributed by atoms with Crippen LogP contribution < -0.4 is 16.0 Å². The third-order valence-corrected chi connectivity index (χ3v) is 6.61. The molecule has 9 heteroatoms. The summed E-state index contributed by atoms with van der Waals surface area (Å²) in [4.78, 5) is 12.1. The molecule has 176 valence electrons. The minimum atomic E-state index is 0.433. The Labute approximate surface area is 195 Å². The van der Waals surface area contributed by atoms with Gasteiger partial charge in [0, 0.05) is 18.0 Å². The summed E-state index contributed by atoms with van der Waals surface area (Å²) in [7, 11) is 0. The van der Waals surface area contributed by atoms with Crippen LogP contribution in [0.3, 0.4) is 0 Å². The average Bonchev–Trinajstić information content (AvgIpc) is 3.32. The molecular formula is C24H35N9. The molecule has 2 aliphatic heterocycles. The Morgan fingerprint density at radius 1 is 1.00 bits per heavy atom. The van der Waals surface area contributed by atoms with Gasteiger partial charge in [-0.2, -0.15) is 4.98 Å². The first-order valence-electron chi connectivity index (χ1n) is 12.4. The van der Waals surface area contributed by atoms with Crippen LogP contribution in [0.1, 0.15) is 44.2 Å². The number of rotatable bonds is 9. The SMILES string of the molecule is c1ccc2c(NC3CCNCC3)nc(NCc3cn(CCCN4CCCCC4)nn3)nc2c1. The van der Waals surface area contributed by atoms with Crippen molar-refractivity contribution in [1.82, 2.24) is 35.2 Å². The van der Waals surface area contributed by atoms with E-state index >= 15 is 0 Å². The number of nitrogens with one attached hydrogen (secondary N) is 3. The fourth-order valence-corrected chi connectivity index (χ4v) is 4.76. The van der Waals surface area contributed by atoms with Crippen molar-refractivity contribution >= 4 is 22.7 Å². The molecule has 0 radical (unpaired) electrons. The summed E-state index contributed by atoms with van der Waals surface area (Å²) in [5.41, 5.74) is 1.84. The third-order valence-electron chi connectivity index (χ3n) is 6.61. The van der Waals surface area contributed by atoms with Crippen LogP contribution in [-0.2, 0) is 13.1 Å². The molecule has 2 aliphatic rings. The minimum Gasteiger partial charge on any atom is -0.367 e. The molecule has 5 rings (SSSR count). The fraction of sp³-hybridized carbons (Fsp3) is 0.583. The van der Waals surface area contributed by atoms with Crippen molar-refractivity contribution in [3.8, 4) is 0 Å². The first-order chi connectivity index (χ1) is 16.3. The number of anilines is 2. The lowest BCUT2D eigenvalue weighted by molar-refractivity contribution is 0.221. The number of hydrogen-bond donors (Lipinski definition) is 3. The standard InChI is InChI=1S/C24H35N9/c1-4-13-32(14-5-1)15-6-16-33-18-20(30-31-33)17-26-24-28-22-8-3-2-7-21(22)23(29-24)27-19-9-11-25-12-10-19/h2-3,7-8,18-19,25H,1,4-6,9-17H2,(H2,26,27,28,29). The first kappa shape index (κ1) is 22.0. The highest BCUT2D eigenvalue weighted by atomic mass is 15.4. The largest absolute Gasteiger partial charge is 0.367 e. The number of piperidine rings is 2. The maximum absolute atomic E-state index is 4.80. The molecule has 4 heterocycles. The maximum Gasteiger partial charge on any atom is 0.225 e. The lowest BCUT2D eigenvalue weighted by atomic mass is 10.1. The Morgan fingerprint density at radius 2 is 1.85 bits per heavy atom. The van der Waals surface area contributed by atoms with Crippen molar-refractivity contribution < 1.29 is 0 Å². The van der Waals surface area contributed by atoms with Gasteiger partial charge in [-0.05, 0) is 77.0 Å². The van der Waals surface area contributed by atoms with E-state index in [1.54, 1.807) is 0 Å². The maximum atomic E-state index is 4.80. The summed E-state index contributed by atoms with van der Waals surface area (Å²) in [6.07, 6.45) is 9.39. The number of nitrogens with zero attached hydrogens (tertiary/aromatic N) is 6. The molecule has 1 aromatic carbocycles. The molecule has 0 bridgehead atoms. The lowest BCUT2D eigenvalue weighted by Gasteiger charge is -2.26. The van der Waals surface area contributed by atoms with Crippen LogP contribution in [0, 0.1) is 0 Å². The molecule has 2 aromatic heterocycles. The van der Waals surface area contributed by atoms with Gasteiger partial charge < -0.3 is 20.9 Å². The second kappa shape index (κ2) is 10.9. The quantitative estimate of drug-likeness (QED) is 0.459. The van der Waals surface area contributed by atoms with Crippen molar-refractivity contribution in [2.45, 2.75) is 57.7 Å². The van der Waals surface area contributed by atoms with Crippen molar-refractivity contribution in [3.05, 3.63) is 36.2 Å². The Kier molecular flexibility index (Phi) is 7.27. The van der Waals surface area contributed by atoms with Gasteiger partial charge >= 0.3 is 0 Å². The molecule has 9 nitrogen and oxygen atoms in total. The normalized spacial score (nSPS) is 17.9. The molecule has 2 saturated heterocycles. The Bertz CT molecular complexity index is 1020. The Balaban J connectivity index is 1.19. The van der Waals surface area contributed by atoms with E-state index in [1.807, 2.05) is 29.1 Å². The van der Waals surface area contributed by atoms with Gasteiger partial charge in [-0.25, -0.2) is 4.98 Å². The summed E-state index contributed by atoms with van der Waals surface area (Å²) in [5.74, 6) is 1.51. The predicted octanol–water partition coefficient (Wildman–Crippen LogP) is 2.87. The molecule has 0 saturated carbocycles. The third kappa shape index (κ3) is 5.97. The smallest absolute Gasteiger partial charge is 0.225 e. The second-order valence-corrected chi connectivity index (χ2v) is 9.16. The van der Waals surface area contributed by atoms with E-state index in [0.29, 0.717) is 18.5 Å². The number of aryl methyl sites for hydroxylation is 1. The monoisotopic (exact) mass is 449 g/mol. The minimum absolute atomic E-state index is 0.433. The van der Waals surface area contributed by atoms with E-state index in [9.17, 15) is 0 Å². The number of fused-ring (bicyclic) bond motifs is 1. The molecule has 0 amide bonds. The van der Waals surface area contributed by atoms with Crippen LogP contribution in [0.25, 0.3) is 10.9 Å². The number of para-hydroxylation sites is 1. The fourth-order valence-electron chi connectivity index (χ4n) is 4.76. The summed E-state index contributed by atoms with van der Waals surface area (Å²) in [6, 6.07) is 8.60. The lowest BCUT2D eigenvalue weighted by Crippen LogP contribution is -2.35. The van der Waals surface area contributed by atoms with Crippen LogP contribution >= 0.6 is 0 Å². The van der Waals surface area contributed by atoms with E-state index < -0.39 is 0 Å². The molecular weight excluding hydrogens is 414 g/mol.